The van der Waals surface area contributed by atoms with Gasteiger partial charge in [-0.1, -0.05) is 11.6 Å². The van der Waals surface area contributed by atoms with Crippen LogP contribution in [0.3, 0.4) is 0 Å². The molecule has 1 amide bonds. The first kappa shape index (κ1) is 18.0. The van der Waals surface area contributed by atoms with Crippen molar-refractivity contribution in [1.82, 2.24) is 24.9 Å². The van der Waals surface area contributed by atoms with Gasteiger partial charge in [-0.2, -0.15) is 10.2 Å². The first-order valence-electron chi connectivity index (χ1n) is 8.31. The van der Waals surface area contributed by atoms with E-state index in [-0.39, 0.29) is 18.7 Å². The van der Waals surface area contributed by atoms with Gasteiger partial charge < -0.3 is 10.1 Å². The molecular formula is C18H20ClN5O2. The minimum Gasteiger partial charge on any atom is -0.471 e. The Labute approximate surface area is 156 Å². The zero-order valence-corrected chi connectivity index (χ0v) is 15.3. The second kappa shape index (κ2) is 8.05. The van der Waals surface area contributed by atoms with Crippen LogP contribution in [0.1, 0.15) is 36.1 Å². The minimum absolute atomic E-state index is 0.166. The first-order chi connectivity index (χ1) is 12.6. The van der Waals surface area contributed by atoms with Crippen LogP contribution in [-0.2, 0) is 13.3 Å². The molecule has 0 saturated carbocycles. The second-order valence-corrected chi connectivity index (χ2v) is 6.17. The summed E-state index contributed by atoms with van der Waals surface area (Å²) >= 11 is 5.84. The standard InChI is InChI=1S/C18H20ClN5O2/c1-3-24-17(8-10-20-24)13(2)21-18(25)16-9-11-23(22-16)12-26-15-6-4-14(19)5-7-15/h4-11,13H,3,12H2,1-2H3,(H,21,25). The fourth-order valence-electron chi connectivity index (χ4n) is 2.55. The second-order valence-electron chi connectivity index (χ2n) is 5.73. The number of aryl methyl sites for hydroxylation is 1. The van der Waals surface area contributed by atoms with Gasteiger partial charge in [-0.05, 0) is 50.2 Å². The summed E-state index contributed by atoms with van der Waals surface area (Å²) in [7, 11) is 0. The molecule has 7 nitrogen and oxygen atoms in total. The highest BCUT2D eigenvalue weighted by molar-refractivity contribution is 6.30. The van der Waals surface area contributed by atoms with Crippen molar-refractivity contribution >= 4 is 17.5 Å². The molecule has 0 aliphatic heterocycles. The fraction of sp³-hybridized carbons (Fsp3) is 0.278. The molecule has 1 atom stereocenters. The lowest BCUT2D eigenvalue weighted by molar-refractivity contribution is 0.0931. The predicted octanol–water partition coefficient (Wildman–Crippen LogP) is 3.28. The molecule has 3 aromatic rings. The van der Waals surface area contributed by atoms with Gasteiger partial charge in [0.15, 0.2) is 6.73 Å². The third-order valence-electron chi connectivity index (χ3n) is 3.89. The zero-order chi connectivity index (χ0) is 18.5. The van der Waals surface area contributed by atoms with Crippen molar-refractivity contribution in [2.45, 2.75) is 33.2 Å². The Bertz CT molecular complexity index is 872. The molecule has 0 bridgehead atoms. The zero-order valence-electron chi connectivity index (χ0n) is 14.6. The van der Waals surface area contributed by atoms with Gasteiger partial charge in [-0.3, -0.25) is 9.48 Å². The summed E-state index contributed by atoms with van der Waals surface area (Å²) in [5.74, 6) is 0.434. The molecule has 0 saturated heterocycles. The van der Waals surface area contributed by atoms with Gasteiger partial charge in [0.2, 0.25) is 0 Å². The maximum Gasteiger partial charge on any atom is 0.272 e. The lowest BCUT2D eigenvalue weighted by Crippen LogP contribution is -2.28. The van der Waals surface area contributed by atoms with E-state index in [1.54, 1.807) is 47.4 Å². The first-order valence-corrected chi connectivity index (χ1v) is 8.69. The van der Waals surface area contributed by atoms with Crippen LogP contribution in [0.2, 0.25) is 5.02 Å². The molecule has 0 aliphatic carbocycles. The Morgan fingerprint density at radius 2 is 2.04 bits per heavy atom. The highest BCUT2D eigenvalue weighted by Crippen LogP contribution is 2.16. The van der Waals surface area contributed by atoms with E-state index >= 15 is 0 Å². The molecular weight excluding hydrogens is 354 g/mol. The fourth-order valence-corrected chi connectivity index (χ4v) is 2.67. The summed E-state index contributed by atoms with van der Waals surface area (Å²) in [6.45, 7) is 4.88. The van der Waals surface area contributed by atoms with E-state index in [0.717, 1.165) is 12.2 Å². The van der Waals surface area contributed by atoms with Crippen LogP contribution in [0.15, 0.2) is 48.8 Å². The average Bonchev–Trinajstić information content (AvgIpc) is 3.30. The Hall–Kier alpha value is -2.80. The van der Waals surface area contributed by atoms with Gasteiger partial charge in [-0.15, -0.1) is 0 Å². The molecule has 0 aliphatic rings. The topological polar surface area (TPSA) is 74.0 Å². The number of ether oxygens (including phenoxy) is 1. The maximum atomic E-state index is 12.4. The van der Waals surface area contributed by atoms with E-state index in [4.69, 9.17) is 16.3 Å². The molecule has 1 N–H and O–H groups in total. The monoisotopic (exact) mass is 373 g/mol. The van der Waals surface area contributed by atoms with E-state index in [2.05, 4.69) is 15.5 Å². The molecule has 0 fully saturated rings. The number of carbonyl (C=O) groups is 1. The normalized spacial score (nSPS) is 12.0. The van der Waals surface area contributed by atoms with E-state index in [0.29, 0.717) is 16.5 Å². The van der Waals surface area contributed by atoms with Crippen molar-refractivity contribution in [1.29, 1.82) is 0 Å². The summed E-state index contributed by atoms with van der Waals surface area (Å²) in [5, 5.41) is 12.1. The number of halogens is 1. The Balaban J connectivity index is 1.58. The Morgan fingerprint density at radius 3 is 2.77 bits per heavy atom. The largest absolute Gasteiger partial charge is 0.471 e. The number of nitrogens with one attached hydrogen (secondary N) is 1. The van der Waals surface area contributed by atoms with Gasteiger partial charge in [0.1, 0.15) is 11.4 Å². The number of rotatable bonds is 7. The molecule has 0 spiro atoms. The Kier molecular flexibility index (Phi) is 5.58. The third-order valence-corrected chi connectivity index (χ3v) is 4.14. The van der Waals surface area contributed by atoms with Crippen LogP contribution in [0.5, 0.6) is 5.75 Å². The summed E-state index contributed by atoms with van der Waals surface area (Å²) < 4.78 is 9.02. The number of hydrogen-bond donors (Lipinski definition) is 1. The van der Waals surface area contributed by atoms with E-state index in [1.807, 2.05) is 24.6 Å². The highest BCUT2D eigenvalue weighted by Gasteiger charge is 2.16. The maximum absolute atomic E-state index is 12.4. The molecule has 136 valence electrons. The van der Waals surface area contributed by atoms with Crippen molar-refractivity contribution in [3.8, 4) is 5.75 Å². The van der Waals surface area contributed by atoms with Crippen molar-refractivity contribution in [2.75, 3.05) is 0 Å². The Morgan fingerprint density at radius 1 is 1.27 bits per heavy atom. The number of aromatic nitrogens is 4. The van der Waals surface area contributed by atoms with E-state index < -0.39 is 0 Å². The van der Waals surface area contributed by atoms with Gasteiger partial charge in [0, 0.05) is 24.0 Å². The number of benzene rings is 1. The van der Waals surface area contributed by atoms with Crippen LogP contribution in [-0.4, -0.2) is 25.5 Å². The number of carbonyl (C=O) groups excluding carboxylic acids is 1. The van der Waals surface area contributed by atoms with Gasteiger partial charge >= 0.3 is 0 Å². The SMILES string of the molecule is CCn1nccc1C(C)NC(=O)c1ccn(COc2ccc(Cl)cc2)n1. The predicted molar refractivity (Wildman–Crippen MR) is 98.1 cm³/mol. The number of amides is 1. The molecule has 3 rings (SSSR count). The lowest BCUT2D eigenvalue weighted by Gasteiger charge is -2.14. The van der Waals surface area contributed by atoms with E-state index in [9.17, 15) is 4.79 Å². The van der Waals surface area contributed by atoms with Crippen LogP contribution in [0, 0.1) is 0 Å². The van der Waals surface area contributed by atoms with Crippen LogP contribution in [0.4, 0.5) is 0 Å². The van der Waals surface area contributed by atoms with Gasteiger partial charge in [0.25, 0.3) is 5.91 Å². The molecule has 2 aromatic heterocycles. The van der Waals surface area contributed by atoms with Crippen molar-refractivity contribution in [2.24, 2.45) is 0 Å². The van der Waals surface area contributed by atoms with Crippen LogP contribution in [0.25, 0.3) is 0 Å². The van der Waals surface area contributed by atoms with Crippen LogP contribution >= 0.6 is 11.6 Å². The molecule has 2 heterocycles. The van der Waals surface area contributed by atoms with Crippen molar-refractivity contribution in [3.05, 3.63) is 65.2 Å². The minimum atomic E-state index is -0.244. The van der Waals surface area contributed by atoms with Crippen molar-refractivity contribution < 1.29 is 9.53 Å². The lowest BCUT2D eigenvalue weighted by atomic mass is 10.2. The molecule has 0 radical (unpaired) electrons. The quantitative estimate of drug-likeness (QED) is 0.689. The molecule has 1 unspecified atom stereocenters. The summed E-state index contributed by atoms with van der Waals surface area (Å²) in [6.07, 6.45) is 3.43. The van der Waals surface area contributed by atoms with Gasteiger partial charge in [0.05, 0.1) is 11.7 Å². The van der Waals surface area contributed by atoms with Gasteiger partial charge in [-0.25, -0.2) is 4.68 Å². The molecule has 8 heteroatoms. The summed E-state index contributed by atoms with van der Waals surface area (Å²) in [4.78, 5) is 12.4. The summed E-state index contributed by atoms with van der Waals surface area (Å²) in [6, 6.07) is 10.4. The van der Waals surface area contributed by atoms with Crippen molar-refractivity contribution in [3.63, 3.8) is 0 Å². The number of hydrogen-bond acceptors (Lipinski definition) is 4. The smallest absolute Gasteiger partial charge is 0.272 e. The molecule has 26 heavy (non-hydrogen) atoms. The van der Waals surface area contributed by atoms with E-state index in [1.165, 1.54) is 0 Å². The average molecular weight is 374 g/mol. The number of nitrogens with zero attached hydrogens (tertiary/aromatic N) is 4. The summed E-state index contributed by atoms with van der Waals surface area (Å²) in [5.41, 5.74) is 1.28. The highest BCUT2D eigenvalue weighted by atomic mass is 35.5. The van der Waals surface area contributed by atoms with Crippen LogP contribution < -0.4 is 10.1 Å². The third kappa shape index (κ3) is 4.23. The molecule has 1 aromatic carbocycles.